The standard InChI is InChI=1S/C11H16O8S/c1-7(2)20(15,16)8(3)11(14)19-17-6-10(5-12)18-9(4)13/h10,12H,1,3,5-6H2,2,4H3. The molecule has 0 aromatic rings. The van der Waals surface area contributed by atoms with Crippen LogP contribution in [0.5, 0.6) is 0 Å². The summed E-state index contributed by atoms with van der Waals surface area (Å²) < 4.78 is 27.6. The van der Waals surface area contributed by atoms with Gasteiger partial charge in [-0.1, -0.05) is 13.2 Å². The monoisotopic (exact) mass is 308 g/mol. The lowest BCUT2D eigenvalue weighted by Crippen LogP contribution is -2.27. The van der Waals surface area contributed by atoms with Gasteiger partial charge >= 0.3 is 11.9 Å². The van der Waals surface area contributed by atoms with Crippen molar-refractivity contribution < 1.29 is 37.6 Å². The lowest BCUT2D eigenvalue weighted by atomic mass is 10.4. The molecule has 0 saturated heterocycles. The molecule has 0 aliphatic heterocycles. The van der Waals surface area contributed by atoms with Crippen molar-refractivity contribution in [3.05, 3.63) is 23.0 Å². The number of rotatable bonds is 8. The zero-order chi connectivity index (χ0) is 15.9. The number of hydrogen-bond acceptors (Lipinski definition) is 8. The van der Waals surface area contributed by atoms with Crippen LogP contribution < -0.4 is 0 Å². The number of aliphatic hydroxyl groups excluding tert-OH is 1. The number of aliphatic hydroxyl groups is 1. The van der Waals surface area contributed by atoms with Crippen molar-refractivity contribution in [2.45, 2.75) is 20.0 Å². The zero-order valence-corrected chi connectivity index (χ0v) is 11.9. The molecule has 1 N–H and O–H groups in total. The summed E-state index contributed by atoms with van der Waals surface area (Å²) in [7, 11) is -4.03. The zero-order valence-electron chi connectivity index (χ0n) is 11.1. The van der Waals surface area contributed by atoms with Crippen molar-refractivity contribution in [2.24, 2.45) is 0 Å². The minimum Gasteiger partial charge on any atom is -0.457 e. The SMILES string of the molecule is C=C(C)S(=O)(=O)C(=C)C(=O)OOCC(CO)OC(C)=O. The van der Waals surface area contributed by atoms with Gasteiger partial charge in [-0.25, -0.2) is 13.2 Å². The Hall–Kier alpha value is -1.71. The molecular weight excluding hydrogens is 292 g/mol. The Morgan fingerprint density at radius 2 is 1.80 bits per heavy atom. The summed E-state index contributed by atoms with van der Waals surface area (Å²) in [5, 5.41) is 8.83. The predicted octanol–water partition coefficient (Wildman–Crippen LogP) is -0.153. The molecule has 0 heterocycles. The van der Waals surface area contributed by atoms with Crippen LogP contribution in [0.1, 0.15) is 13.8 Å². The Bertz CT molecular complexity index is 505. The van der Waals surface area contributed by atoms with Gasteiger partial charge in [-0.3, -0.25) is 9.68 Å². The molecule has 0 spiro atoms. The van der Waals surface area contributed by atoms with E-state index in [4.69, 9.17) is 5.11 Å². The molecule has 0 aromatic carbocycles. The normalized spacial score (nSPS) is 12.3. The number of esters is 1. The lowest BCUT2D eigenvalue weighted by molar-refractivity contribution is -0.279. The molecule has 0 saturated carbocycles. The molecule has 0 rings (SSSR count). The van der Waals surface area contributed by atoms with E-state index in [9.17, 15) is 18.0 Å². The van der Waals surface area contributed by atoms with E-state index in [2.05, 4.69) is 27.7 Å². The van der Waals surface area contributed by atoms with E-state index in [-0.39, 0.29) is 4.91 Å². The van der Waals surface area contributed by atoms with E-state index in [0.29, 0.717) is 0 Å². The molecule has 1 atom stereocenters. The van der Waals surface area contributed by atoms with Crippen LogP contribution in [0, 0.1) is 0 Å². The Balaban J connectivity index is 4.40. The summed E-state index contributed by atoms with van der Waals surface area (Å²) >= 11 is 0. The molecule has 20 heavy (non-hydrogen) atoms. The number of carbonyl (C=O) groups is 2. The second-order valence-corrected chi connectivity index (χ2v) is 5.89. The largest absolute Gasteiger partial charge is 0.457 e. The molecule has 0 aromatic heterocycles. The Labute approximate surface area is 116 Å². The van der Waals surface area contributed by atoms with Crippen molar-refractivity contribution >= 4 is 21.8 Å². The van der Waals surface area contributed by atoms with Crippen LogP contribution in [0.3, 0.4) is 0 Å². The van der Waals surface area contributed by atoms with E-state index in [0.717, 1.165) is 6.92 Å². The first-order valence-electron chi connectivity index (χ1n) is 5.34. The highest BCUT2D eigenvalue weighted by molar-refractivity contribution is 7.99. The van der Waals surface area contributed by atoms with E-state index < -0.39 is 46.0 Å². The average molecular weight is 308 g/mol. The average Bonchev–Trinajstić information content (AvgIpc) is 2.35. The van der Waals surface area contributed by atoms with Gasteiger partial charge in [0, 0.05) is 11.8 Å². The molecule has 1 unspecified atom stereocenters. The summed E-state index contributed by atoms with van der Waals surface area (Å²) in [6, 6.07) is 0. The summed E-state index contributed by atoms with van der Waals surface area (Å²) in [4.78, 5) is 29.5. The van der Waals surface area contributed by atoms with Crippen molar-refractivity contribution in [1.82, 2.24) is 0 Å². The minimum atomic E-state index is -4.03. The van der Waals surface area contributed by atoms with Gasteiger partial charge in [-0.2, -0.15) is 4.89 Å². The van der Waals surface area contributed by atoms with Crippen LogP contribution in [0.2, 0.25) is 0 Å². The Morgan fingerprint density at radius 1 is 1.25 bits per heavy atom. The number of carbonyl (C=O) groups excluding carboxylic acids is 2. The van der Waals surface area contributed by atoms with Gasteiger partial charge in [0.2, 0.25) is 9.84 Å². The smallest absolute Gasteiger partial charge is 0.384 e. The second-order valence-electron chi connectivity index (χ2n) is 3.70. The molecule has 0 bridgehead atoms. The van der Waals surface area contributed by atoms with E-state index >= 15 is 0 Å². The van der Waals surface area contributed by atoms with Gasteiger partial charge in [0.15, 0.2) is 11.0 Å². The van der Waals surface area contributed by atoms with Gasteiger partial charge in [0.25, 0.3) is 0 Å². The van der Waals surface area contributed by atoms with Gasteiger partial charge in [-0.05, 0) is 6.92 Å². The van der Waals surface area contributed by atoms with Crippen LogP contribution in [-0.2, 0) is 33.9 Å². The fourth-order valence-corrected chi connectivity index (χ4v) is 1.56. The second kappa shape index (κ2) is 7.78. The highest BCUT2D eigenvalue weighted by Gasteiger charge is 2.26. The fraction of sp³-hybridized carbons (Fsp3) is 0.455. The number of sulfone groups is 1. The van der Waals surface area contributed by atoms with Crippen LogP contribution in [0.15, 0.2) is 23.0 Å². The van der Waals surface area contributed by atoms with Gasteiger partial charge in [0.1, 0.15) is 6.61 Å². The summed E-state index contributed by atoms with van der Waals surface area (Å²) in [5.74, 6) is -1.99. The summed E-state index contributed by atoms with van der Waals surface area (Å²) in [5.41, 5.74) is 0. The molecule has 0 fully saturated rings. The van der Waals surface area contributed by atoms with Crippen molar-refractivity contribution in [1.29, 1.82) is 0 Å². The Morgan fingerprint density at radius 3 is 2.20 bits per heavy atom. The van der Waals surface area contributed by atoms with Gasteiger partial charge in [0.05, 0.1) is 6.61 Å². The molecule has 8 nitrogen and oxygen atoms in total. The predicted molar refractivity (Wildman–Crippen MR) is 67.6 cm³/mol. The van der Waals surface area contributed by atoms with Gasteiger partial charge in [-0.15, -0.1) is 0 Å². The first-order valence-corrected chi connectivity index (χ1v) is 6.82. The quantitative estimate of drug-likeness (QED) is 0.285. The first-order chi connectivity index (χ1) is 9.12. The number of ether oxygens (including phenoxy) is 1. The maximum absolute atomic E-state index is 11.5. The third-order valence-electron chi connectivity index (χ3n) is 1.94. The van der Waals surface area contributed by atoms with Crippen molar-refractivity contribution in [3.63, 3.8) is 0 Å². The van der Waals surface area contributed by atoms with Crippen LogP contribution in [0.4, 0.5) is 0 Å². The molecule has 0 aliphatic rings. The van der Waals surface area contributed by atoms with E-state index in [1.807, 2.05) is 0 Å². The van der Waals surface area contributed by atoms with E-state index in [1.165, 1.54) is 6.92 Å². The van der Waals surface area contributed by atoms with Crippen LogP contribution in [-0.4, -0.2) is 44.8 Å². The van der Waals surface area contributed by atoms with Crippen LogP contribution in [0.25, 0.3) is 0 Å². The highest BCUT2D eigenvalue weighted by Crippen LogP contribution is 2.14. The summed E-state index contributed by atoms with van der Waals surface area (Å²) in [6.45, 7) is 7.58. The summed E-state index contributed by atoms with van der Waals surface area (Å²) in [6.07, 6.45) is -1.04. The third-order valence-corrected chi connectivity index (χ3v) is 3.67. The maximum atomic E-state index is 11.5. The third kappa shape index (κ3) is 5.51. The molecule has 9 heteroatoms. The minimum absolute atomic E-state index is 0.271. The highest BCUT2D eigenvalue weighted by atomic mass is 32.2. The van der Waals surface area contributed by atoms with Crippen molar-refractivity contribution in [3.8, 4) is 0 Å². The van der Waals surface area contributed by atoms with E-state index in [1.54, 1.807) is 0 Å². The lowest BCUT2D eigenvalue weighted by Gasteiger charge is -2.13. The maximum Gasteiger partial charge on any atom is 0.384 e. The number of allylic oxidation sites excluding steroid dienone is 1. The topological polar surface area (TPSA) is 116 Å². The van der Waals surface area contributed by atoms with Crippen molar-refractivity contribution in [2.75, 3.05) is 13.2 Å². The molecule has 0 amide bonds. The van der Waals surface area contributed by atoms with Gasteiger partial charge < -0.3 is 9.84 Å². The fourth-order valence-electron chi connectivity index (χ4n) is 0.889. The molecule has 114 valence electrons. The van der Waals surface area contributed by atoms with Crippen LogP contribution >= 0.6 is 0 Å². The number of hydrogen-bond donors (Lipinski definition) is 1. The first kappa shape index (κ1) is 18.3. The molecule has 0 aliphatic carbocycles. The molecule has 0 radical (unpaired) electrons. The molecular formula is C11H16O8S. The Kier molecular flexibility index (Phi) is 7.11.